The summed E-state index contributed by atoms with van der Waals surface area (Å²) in [7, 11) is 5.89. The number of carbonyl (C=O) groups excluding carboxylic acids is 1. The van der Waals surface area contributed by atoms with Crippen molar-refractivity contribution in [3.05, 3.63) is 60.7 Å². The smallest absolute Gasteiger partial charge is 0.244 e. The molecule has 0 fully saturated rings. The second kappa shape index (κ2) is 6.26. The Labute approximate surface area is 124 Å². The fourth-order valence-corrected chi connectivity index (χ4v) is 2.12. The number of imidazole rings is 1. The van der Waals surface area contributed by atoms with Crippen LogP contribution >= 0.6 is 0 Å². The van der Waals surface area contributed by atoms with Crippen molar-refractivity contribution in [3.63, 3.8) is 0 Å². The number of benzene rings is 1. The van der Waals surface area contributed by atoms with Crippen molar-refractivity contribution < 1.29 is 4.79 Å². The van der Waals surface area contributed by atoms with E-state index in [2.05, 4.69) is 16.9 Å². The number of aryl methyl sites for hydroxylation is 1. The molecule has 1 aromatic carbocycles. The van der Waals surface area contributed by atoms with Crippen molar-refractivity contribution in [1.29, 1.82) is 0 Å². The van der Waals surface area contributed by atoms with E-state index in [9.17, 15) is 4.79 Å². The lowest BCUT2D eigenvalue weighted by atomic mass is 10.1. The van der Waals surface area contributed by atoms with E-state index in [1.54, 1.807) is 6.20 Å². The Hall–Kier alpha value is -2.56. The van der Waals surface area contributed by atoms with E-state index >= 15 is 0 Å². The summed E-state index contributed by atoms with van der Waals surface area (Å²) in [4.78, 5) is 18.1. The molecular weight excluding hydrogens is 264 g/mol. The Morgan fingerprint density at radius 2 is 2.05 bits per heavy atom. The number of hydrogen-bond donors (Lipinski definition) is 1. The Kier molecular flexibility index (Phi) is 4.42. The molecule has 1 amide bonds. The summed E-state index contributed by atoms with van der Waals surface area (Å²) >= 11 is 0. The molecule has 0 aliphatic heterocycles. The lowest BCUT2D eigenvalue weighted by Gasteiger charge is -2.19. The van der Waals surface area contributed by atoms with E-state index in [0.717, 1.165) is 17.1 Å². The van der Waals surface area contributed by atoms with Gasteiger partial charge in [-0.05, 0) is 23.8 Å². The molecule has 2 aromatic rings. The van der Waals surface area contributed by atoms with E-state index < -0.39 is 0 Å². The Balaban J connectivity index is 2.37. The molecule has 0 spiro atoms. The second-order valence-electron chi connectivity index (χ2n) is 5.03. The van der Waals surface area contributed by atoms with Crippen LogP contribution in [0.25, 0.3) is 0 Å². The highest BCUT2D eigenvalue weighted by molar-refractivity contribution is 5.87. The van der Waals surface area contributed by atoms with E-state index in [1.165, 1.54) is 6.08 Å². The monoisotopic (exact) mass is 284 g/mol. The lowest BCUT2D eigenvalue weighted by Crippen LogP contribution is -2.29. The minimum Gasteiger partial charge on any atom is -0.378 e. The number of amides is 1. The van der Waals surface area contributed by atoms with Crippen LogP contribution in [0.4, 0.5) is 5.69 Å². The maximum atomic E-state index is 11.7. The molecule has 0 saturated heterocycles. The molecule has 1 N–H and O–H groups in total. The van der Waals surface area contributed by atoms with E-state index in [4.69, 9.17) is 0 Å². The van der Waals surface area contributed by atoms with Gasteiger partial charge >= 0.3 is 0 Å². The third-order valence-corrected chi connectivity index (χ3v) is 3.33. The molecule has 0 bridgehead atoms. The van der Waals surface area contributed by atoms with Crippen LogP contribution in [-0.2, 0) is 11.8 Å². The highest BCUT2D eigenvalue weighted by Gasteiger charge is 2.19. The molecule has 0 radical (unpaired) electrons. The van der Waals surface area contributed by atoms with Crippen LogP contribution in [0.2, 0.25) is 0 Å². The SMILES string of the molecule is C=CC(=O)NC(c1ccc(N(C)C)cc1)c1nccn1C. The molecule has 2 rings (SSSR count). The summed E-state index contributed by atoms with van der Waals surface area (Å²) in [5.74, 6) is 0.558. The maximum absolute atomic E-state index is 11.7. The Morgan fingerprint density at radius 3 is 2.52 bits per heavy atom. The molecule has 0 saturated carbocycles. The van der Waals surface area contributed by atoms with Gasteiger partial charge in [0.2, 0.25) is 5.91 Å². The van der Waals surface area contributed by atoms with Crippen LogP contribution in [0.3, 0.4) is 0 Å². The van der Waals surface area contributed by atoms with Gasteiger partial charge in [-0.2, -0.15) is 0 Å². The second-order valence-corrected chi connectivity index (χ2v) is 5.03. The normalized spacial score (nSPS) is 11.8. The van der Waals surface area contributed by atoms with Gasteiger partial charge in [0.15, 0.2) is 0 Å². The van der Waals surface area contributed by atoms with Crippen molar-refractivity contribution in [3.8, 4) is 0 Å². The Morgan fingerprint density at radius 1 is 1.38 bits per heavy atom. The molecule has 0 aliphatic rings. The van der Waals surface area contributed by atoms with Gasteiger partial charge < -0.3 is 14.8 Å². The van der Waals surface area contributed by atoms with Crippen LogP contribution in [0.15, 0.2) is 49.3 Å². The summed E-state index contributed by atoms with van der Waals surface area (Å²) in [6.45, 7) is 3.50. The number of anilines is 1. The molecule has 0 aliphatic carbocycles. The number of carbonyl (C=O) groups is 1. The quantitative estimate of drug-likeness (QED) is 0.853. The predicted molar refractivity (Wildman–Crippen MR) is 84.2 cm³/mol. The van der Waals surface area contributed by atoms with Crippen LogP contribution in [0, 0.1) is 0 Å². The van der Waals surface area contributed by atoms with E-state index in [1.807, 2.05) is 61.1 Å². The molecule has 1 atom stereocenters. The zero-order valence-corrected chi connectivity index (χ0v) is 12.6. The van der Waals surface area contributed by atoms with Gasteiger partial charge in [0.05, 0.1) is 0 Å². The summed E-state index contributed by atoms with van der Waals surface area (Å²) in [6.07, 6.45) is 4.84. The van der Waals surface area contributed by atoms with Crippen LogP contribution < -0.4 is 10.2 Å². The van der Waals surface area contributed by atoms with Crippen molar-refractivity contribution in [2.45, 2.75) is 6.04 Å². The number of hydrogen-bond acceptors (Lipinski definition) is 3. The standard InChI is InChI=1S/C16H20N4O/c1-5-14(21)18-15(16-17-10-11-20(16)4)12-6-8-13(9-7-12)19(2)3/h5-11,15H,1H2,2-4H3,(H,18,21). The van der Waals surface area contributed by atoms with Gasteiger partial charge in [0.25, 0.3) is 0 Å². The van der Waals surface area contributed by atoms with Crippen molar-refractivity contribution in [2.24, 2.45) is 7.05 Å². The molecule has 110 valence electrons. The average molecular weight is 284 g/mol. The van der Waals surface area contributed by atoms with Gasteiger partial charge in [0.1, 0.15) is 11.9 Å². The lowest BCUT2D eigenvalue weighted by molar-refractivity contribution is -0.117. The minimum absolute atomic E-state index is 0.223. The number of nitrogens with zero attached hydrogens (tertiary/aromatic N) is 3. The first-order valence-corrected chi connectivity index (χ1v) is 6.70. The Bertz CT molecular complexity index is 628. The first kappa shape index (κ1) is 14.8. The fraction of sp³-hybridized carbons (Fsp3) is 0.250. The summed E-state index contributed by atoms with van der Waals surface area (Å²) in [5, 5.41) is 2.92. The highest BCUT2D eigenvalue weighted by Crippen LogP contribution is 2.23. The van der Waals surface area contributed by atoms with Gasteiger partial charge in [-0.25, -0.2) is 4.98 Å². The van der Waals surface area contributed by atoms with Gasteiger partial charge in [-0.3, -0.25) is 4.79 Å². The van der Waals surface area contributed by atoms with Crippen molar-refractivity contribution in [1.82, 2.24) is 14.9 Å². The third-order valence-electron chi connectivity index (χ3n) is 3.33. The molecule has 21 heavy (non-hydrogen) atoms. The summed E-state index contributed by atoms with van der Waals surface area (Å²) in [6, 6.07) is 7.74. The van der Waals surface area contributed by atoms with Gasteiger partial charge in [-0.15, -0.1) is 0 Å². The molecule has 1 aromatic heterocycles. The van der Waals surface area contributed by atoms with Crippen LogP contribution in [0.5, 0.6) is 0 Å². The first-order valence-electron chi connectivity index (χ1n) is 6.70. The number of nitrogens with one attached hydrogen (secondary N) is 1. The van der Waals surface area contributed by atoms with Crippen molar-refractivity contribution in [2.75, 3.05) is 19.0 Å². The third kappa shape index (κ3) is 3.31. The van der Waals surface area contributed by atoms with Crippen LogP contribution in [-0.4, -0.2) is 29.6 Å². The zero-order valence-electron chi connectivity index (χ0n) is 12.6. The molecule has 5 nitrogen and oxygen atoms in total. The van der Waals surface area contributed by atoms with Crippen molar-refractivity contribution >= 4 is 11.6 Å². The topological polar surface area (TPSA) is 50.2 Å². The summed E-state index contributed by atoms with van der Waals surface area (Å²) < 4.78 is 1.90. The van der Waals surface area contributed by atoms with Crippen LogP contribution in [0.1, 0.15) is 17.4 Å². The minimum atomic E-state index is -0.299. The largest absolute Gasteiger partial charge is 0.378 e. The first-order chi connectivity index (χ1) is 10.0. The average Bonchev–Trinajstić information content (AvgIpc) is 2.90. The molecule has 5 heteroatoms. The molecule has 1 unspecified atom stereocenters. The van der Waals surface area contributed by atoms with Gasteiger partial charge in [0, 0.05) is 39.2 Å². The highest BCUT2D eigenvalue weighted by atomic mass is 16.1. The molecular formula is C16H20N4O. The van der Waals surface area contributed by atoms with E-state index in [-0.39, 0.29) is 11.9 Å². The fourth-order valence-electron chi connectivity index (χ4n) is 2.12. The zero-order chi connectivity index (χ0) is 15.4. The number of aromatic nitrogens is 2. The van der Waals surface area contributed by atoms with Gasteiger partial charge in [-0.1, -0.05) is 18.7 Å². The summed E-state index contributed by atoms with van der Waals surface area (Å²) in [5.41, 5.74) is 2.08. The molecule has 1 heterocycles. The van der Waals surface area contributed by atoms with E-state index in [0.29, 0.717) is 0 Å². The maximum Gasteiger partial charge on any atom is 0.244 e. The predicted octanol–water partition coefficient (Wildman–Crippen LogP) is 1.88. The number of rotatable bonds is 5.